The molecule has 1 unspecified atom stereocenters. The molecule has 3 aliphatic heterocycles. The van der Waals surface area contributed by atoms with Gasteiger partial charge in [-0.3, -0.25) is 9.59 Å². The lowest BCUT2D eigenvalue weighted by molar-refractivity contribution is -0.133. The molecule has 3 aliphatic rings. The van der Waals surface area contributed by atoms with Crippen LogP contribution in [0.4, 0.5) is 10.8 Å². The van der Waals surface area contributed by atoms with Crippen molar-refractivity contribution in [2.45, 2.75) is 25.3 Å². The molecule has 10 nitrogen and oxygen atoms in total. The Kier molecular flexibility index (Phi) is 5.59. The van der Waals surface area contributed by atoms with E-state index in [0.717, 1.165) is 28.4 Å². The number of morpholine rings is 1. The second-order valence-corrected chi connectivity index (χ2v) is 11.3. The number of sulfone groups is 1. The number of hydrogen-bond acceptors (Lipinski definition) is 9. The van der Waals surface area contributed by atoms with Crippen LogP contribution in [0.25, 0.3) is 10.2 Å². The van der Waals surface area contributed by atoms with Gasteiger partial charge in [0.15, 0.2) is 15.0 Å². The number of aromatic nitrogens is 1. The number of benzene rings is 1. The minimum atomic E-state index is -3.16. The van der Waals surface area contributed by atoms with Crippen molar-refractivity contribution >= 4 is 59.7 Å². The fraction of sp³-hybridized carbons (Fsp3) is 0.500. The Hall–Kier alpha value is -2.57. The predicted molar refractivity (Wildman–Crippen MR) is 122 cm³/mol. The molecule has 1 N–H and O–H groups in total. The number of anilines is 2. The normalized spacial score (nSPS) is 23.4. The third-order valence-corrected chi connectivity index (χ3v) is 8.62. The van der Waals surface area contributed by atoms with E-state index in [-0.39, 0.29) is 41.9 Å². The molecule has 2 aromatic rings. The number of rotatable bonds is 4. The molecule has 32 heavy (non-hydrogen) atoms. The van der Waals surface area contributed by atoms with Gasteiger partial charge in [0.1, 0.15) is 5.71 Å². The molecule has 170 valence electrons. The van der Waals surface area contributed by atoms with E-state index in [0.29, 0.717) is 25.3 Å². The summed E-state index contributed by atoms with van der Waals surface area (Å²) in [6.07, 6.45) is 0.713. The maximum atomic E-state index is 12.8. The fourth-order valence-electron chi connectivity index (χ4n) is 4.07. The third-order valence-electron chi connectivity index (χ3n) is 5.79. The monoisotopic (exact) mass is 477 g/mol. The zero-order chi connectivity index (χ0) is 22.3. The van der Waals surface area contributed by atoms with Crippen LogP contribution in [-0.2, 0) is 24.2 Å². The van der Waals surface area contributed by atoms with Crippen LogP contribution in [0.5, 0.6) is 0 Å². The summed E-state index contributed by atoms with van der Waals surface area (Å²) in [5.74, 6) is -0.698. The van der Waals surface area contributed by atoms with E-state index in [1.54, 1.807) is 17.4 Å². The Morgan fingerprint density at radius 1 is 1.22 bits per heavy atom. The summed E-state index contributed by atoms with van der Waals surface area (Å²) in [6.45, 7) is 2.98. The Morgan fingerprint density at radius 2 is 2.03 bits per heavy atom. The van der Waals surface area contributed by atoms with Crippen molar-refractivity contribution in [2.24, 2.45) is 5.10 Å². The summed E-state index contributed by atoms with van der Waals surface area (Å²) in [7, 11) is -3.16. The molecule has 0 aliphatic carbocycles. The van der Waals surface area contributed by atoms with Crippen LogP contribution >= 0.6 is 11.3 Å². The molecule has 0 saturated carbocycles. The van der Waals surface area contributed by atoms with Crippen molar-refractivity contribution in [2.75, 3.05) is 48.0 Å². The SMILES string of the molecule is O=C(Nc1ccc2nc(N3CCOCC3)sc2c1)C1=NN(C2CCS(=O)(=O)C2)C(=O)CC1. The first-order valence-corrected chi connectivity index (χ1v) is 13.2. The number of carbonyl (C=O) groups excluding carboxylic acids is 2. The highest BCUT2D eigenvalue weighted by atomic mass is 32.2. The van der Waals surface area contributed by atoms with Crippen molar-refractivity contribution in [1.82, 2.24) is 9.99 Å². The lowest BCUT2D eigenvalue weighted by atomic mass is 10.1. The van der Waals surface area contributed by atoms with E-state index in [9.17, 15) is 18.0 Å². The van der Waals surface area contributed by atoms with Gasteiger partial charge >= 0.3 is 0 Å². The van der Waals surface area contributed by atoms with Crippen molar-refractivity contribution in [1.29, 1.82) is 0 Å². The van der Waals surface area contributed by atoms with E-state index >= 15 is 0 Å². The number of fused-ring (bicyclic) bond motifs is 1. The highest BCUT2D eigenvalue weighted by Gasteiger charge is 2.37. The zero-order valence-corrected chi connectivity index (χ0v) is 19.0. The van der Waals surface area contributed by atoms with E-state index in [4.69, 9.17) is 4.74 Å². The molecule has 4 heterocycles. The van der Waals surface area contributed by atoms with Gasteiger partial charge in [0.25, 0.3) is 5.91 Å². The summed E-state index contributed by atoms with van der Waals surface area (Å²) in [5, 5.41) is 9.22. The zero-order valence-electron chi connectivity index (χ0n) is 17.3. The first-order valence-electron chi connectivity index (χ1n) is 10.5. The second kappa shape index (κ2) is 8.41. The van der Waals surface area contributed by atoms with Gasteiger partial charge in [0.05, 0.1) is 41.0 Å². The number of amides is 2. The molecule has 1 atom stereocenters. The lowest BCUT2D eigenvalue weighted by Gasteiger charge is -2.27. The molecule has 1 aromatic heterocycles. The summed E-state index contributed by atoms with van der Waals surface area (Å²) in [4.78, 5) is 32.0. The van der Waals surface area contributed by atoms with Gasteiger partial charge in [-0.05, 0) is 24.6 Å². The molecule has 0 radical (unpaired) electrons. The average molecular weight is 478 g/mol. The molecular formula is C20H23N5O5S2. The van der Waals surface area contributed by atoms with Crippen molar-refractivity contribution in [3.05, 3.63) is 18.2 Å². The molecule has 1 aromatic carbocycles. The molecule has 5 rings (SSSR count). The number of carbonyl (C=O) groups is 2. The Morgan fingerprint density at radius 3 is 2.78 bits per heavy atom. The summed E-state index contributed by atoms with van der Waals surface area (Å²) in [5.41, 5.74) is 1.71. The van der Waals surface area contributed by atoms with Gasteiger partial charge in [-0.1, -0.05) is 11.3 Å². The number of hydrogen-bond donors (Lipinski definition) is 1. The molecule has 2 amide bonds. The van der Waals surface area contributed by atoms with Crippen molar-refractivity contribution < 1.29 is 22.7 Å². The highest BCUT2D eigenvalue weighted by molar-refractivity contribution is 7.91. The van der Waals surface area contributed by atoms with E-state index in [2.05, 4.69) is 20.3 Å². The van der Waals surface area contributed by atoms with Crippen molar-refractivity contribution in [3.63, 3.8) is 0 Å². The summed E-state index contributed by atoms with van der Waals surface area (Å²) in [6, 6.07) is 5.04. The number of nitrogens with zero attached hydrogens (tertiary/aromatic N) is 4. The van der Waals surface area contributed by atoms with Crippen LogP contribution in [0.2, 0.25) is 0 Å². The predicted octanol–water partition coefficient (Wildman–Crippen LogP) is 1.24. The minimum absolute atomic E-state index is 0.0415. The molecule has 12 heteroatoms. The third kappa shape index (κ3) is 4.34. The van der Waals surface area contributed by atoms with E-state index < -0.39 is 15.9 Å². The second-order valence-electron chi connectivity index (χ2n) is 8.07. The fourth-order valence-corrected chi connectivity index (χ4v) is 6.82. The quantitative estimate of drug-likeness (QED) is 0.703. The molecule has 2 saturated heterocycles. The topological polar surface area (TPSA) is 121 Å². The summed E-state index contributed by atoms with van der Waals surface area (Å²) >= 11 is 1.57. The Balaban J connectivity index is 1.31. The van der Waals surface area contributed by atoms with Crippen LogP contribution in [0.3, 0.4) is 0 Å². The van der Waals surface area contributed by atoms with Gasteiger partial charge in [0.2, 0.25) is 5.91 Å². The van der Waals surface area contributed by atoms with Gasteiger partial charge < -0.3 is 15.0 Å². The average Bonchev–Trinajstić information content (AvgIpc) is 3.37. The smallest absolute Gasteiger partial charge is 0.271 e. The standard InChI is InChI=1S/C20H23N5O5S2/c26-18-4-3-16(23-25(18)14-5-10-32(28,29)12-14)19(27)21-13-1-2-15-17(11-13)31-20(22-15)24-6-8-30-9-7-24/h1-2,11,14H,3-10,12H2,(H,21,27). The first kappa shape index (κ1) is 21.3. The molecular weight excluding hydrogens is 454 g/mol. The minimum Gasteiger partial charge on any atom is -0.378 e. The van der Waals surface area contributed by atoms with E-state index in [1.807, 2.05) is 12.1 Å². The number of hydrazone groups is 1. The Bertz CT molecular complexity index is 1200. The van der Waals surface area contributed by atoms with E-state index in [1.165, 1.54) is 5.01 Å². The van der Waals surface area contributed by atoms with Crippen LogP contribution in [0.15, 0.2) is 23.3 Å². The number of ether oxygens (including phenoxy) is 1. The molecule has 0 spiro atoms. The van der Waals surface area contributed by atoms with Gasteiger partial charge in [-0.2, -0.15) is 5.10 Å². The largest absolute Gasteiger partial charge is 0.378 e. The van der Waals surface area contributed by atoms with Crippen molar-refractivity contribution in [3.8, 4) is 0 Å². The maximum Gasteiger partial charge on any atom is 0.271 e. The van der Waals surface area contributed by atoms with Gasteiger partial charge in [0, 0.05) is 31.6 Å². The van der Waals surface area contributed by atoms with Crippen LogP contribution < -0.4 is 10.2 Å². The number of thiazole rings is 1. The van der Waals surface area contributed by atoms with Gasteiger partial charge in [-0.25, -0.2) is 18.4 Å². The van der Waals surface area contributed by atoms with Crippen LogP contribution in [-0.4, -0.2) is 79.8 Å². The van der Waals surface area contributed by atoms with Gasteiger partial charge in [-0.15, -0.1) is 0 Å². The molecule has 0 bridgehead atoms. The van der Waals surface area contributed by atoms with Crippen LogP contribution in [0.1, 0.15) is 19.3 Å². The number of nitrogens with one attached hydrogen (secondary N) is 1. The maximum absolute atomic E-state index is 12.8. The highest BCUT2D eigenvalue weighted by Crippen LogP contribution is 2.31. The van der Waals surface area contributed by atoms with Crippen LogP contribution in [0, 0.1) is 0 Å². The lowest BCUT2D eigenvalue weighted by Crippen LogP contribution is -2.42. The first-order chi connectivity index (χ1) is 15.4. The molecule has 2 fully saturated rings. The summed E-state index contributed by atoms with van der Waals surface area (Å²) < 4.78 is 29.9. The Labute approximate surface area is 189 Å².